The molecule has 6 heteroatoms. The monoisotopic (exact) mass is 327 g/mol. The molecule has 0 aliphatic carbocycles. The molecule has 1 saturated heterocycles. The number of halogens is 2. The van der Waals surface area contributed by atoms with Gasteiger partial charge in [-0.25, -0.2) is 9.18 Å². The molecule has 0 N–H and O–H groups in total. The maximum Gasteiger partial charge on any atom is 0.410 e. The lowest BCUT2D eigenvalue weighted by Crippen LogP contribution is -2.35. The third-order valence-electron chi connectivity index (χ3n) is 3.66. The van der Waals surface area contributed by atoms with Gasteiger partial charge in [0.05, 0.1) is 6.61 Å². The van der Waals surface area contributed by atoms with Crippen molar-refractivity contribution in [3.63, 3.8) is 0 Å². The summed E-state index contributed by atoms with van der Waals surface area (Å²) in [6.45, 7) is 8.14. The maximum atomic E-state index is 14.2. The van der Waals surface area contributed by atoms with Crippen molar-refractivity contribution in [2.24, 2.45) is 0 Å². The Morgan fingerprint density at radius 2 is 2.00 bits per heavy atom. The fourth-order valence-corrected chi connectivity index (χ4v) is 2.64. The molecule has 0 spiro atoms. The average molecular weight is 327 g/mol. The topological polar surface area (TPSA) is 38.8 Å². The summed E-state index contributed by atoms with van der Waals surface area (Å²) in [6, 6.07) is 2.97. The predicted octanol–water partition coefficient (Wildman–Crippen LogP) is 4.09. The summed E-state index contributed by atoms with van der Waals surface area (Å²) in [6.07, 6.45) is 0.149. The third kappa shape index (κ3) is 4.12. The Kier molecular flexibility index (Phi) is 5.12. The smallest absolute Gasteiger partial charge is 0.410 e. The van der Waals surface area contributed by atoms with Gasteiger partial charge in [0.25, 0.3) is 0 Å². The van der Waals surface area contributed by atoms with Crippen LogP contribution in [0, 0.1) is 11.6 Å². The number of hydrogen-bond acceptors (Lipinski definition) is 3. The van der Waals surface area contributed by atoms with Crippen molar-refractivity contribution < 1.29 is 23.0 Å². The van der Waals surface area contributed by atoms with Crippen molar-refractivity contribution in [2.45, 2.75) is 45.6 Å². The van der Waals surface area contributed by atoms with E-state index in [1.807, 2.05) is 0 Å². The Balaban J connectivity index is 2.10. The number of nitrogens with zero attached hydrogens (tertiary/aromatic N) is 1. The molecule has 1 aromatic rings. The van der Waals surface area contributed by atoms with Gasteiger partial charge in [0.15, 0.2) is 11.6 Å². The summed E-state index contributed by atoms with van der Waals surface area (Å²) in [7, 11) is 0. The van der Waals surface area contributed by atoms with Gasteiger partial charge in [-0.1, -0.05) is 6.07 Å². The minimum absolute atomic E-state index is 0.0873. The van der Waals surface area contributed by atoms with E-state index in [9.17, 15) is 13.6 Å². The van der Waals surface area contributed by atoms with E-state index in [4.69, 9.17) is 9.47 Å². The quantitative estimate of drug-likeness (QED) is 0.839. The normalized spacial score (nSPS) is 18.2. The molecule has 1 aromatic carbocycles. The van der Waals surface area contributed by atoms with Crippen LogP contribution in [0.3, 0.4) is 0 Å². The number of benzene rings is 1. The van der Waals surface area contributed by atoms with Crippen LogP contribution in [0.5, 0.6) is 5.75 Å². The zero-order valence-corrected chi connectivity index (χ0v) is 14.0. The first kappa shape index (κ1) is 17.5. The molecule has 1 heterocycles. The molecule has 1 aliphatic heterocycles. The van der Waals surface area contributed by atoms with Crippen LogP contribution in [0.25, 0.3) is 0 Å². The van der Waals surface area contributed by atoms with Crippen LogP contribution in [0.15, 0.2) is 12.1 Å². The lowest BCUT2D eigenvalue weighted by atomic mass is 9.97. The highest BCUT2D eigenvalue weighted by molar-refractivity contribution is 5.68. The molecule has 1 fully saturated rings. The number of carbonyl (C=O) groups excluding carboxylic acids is 1. The Labute approximate surface area is 135 Å². The number of amides is 1. The minimum Gasteiger partial charge on any atom is -0.491 e. The van der Waals surface area contributed by atoms with Crippen LogP contribution in [0.1, 0.15) is 45.6 Å². The van der Waals surface area contributed by atoms with Gasteiger partial charge in [-0.3, -0.25) is 0 Å². The minimum atomic E-state index is -0.972. The van der Waals surface area contributed by atoms with E-state index in [1.54, 1.807) is 27.7 Å². The van der Waals surface area contributed by atoms with Crippen LogP contribution in [-0.4, -0.2) is 36.3 Å². The standard InChI is InChI=1S/C17H23F2NO3/c1-5-22-13-7-6-12(14(18)15(13)19)11-8-9-20(10-11)16(21)23-17(2,3)4/h6-7,11H,5,8-10H2,1-4H3. The lowest BCUT2D eigenvalue weighted by molar-refractivity contribution is 0.0292. The van der Waals surface area contributed by atoms with Crippen LogP contribution >= 0.6 is 0 Å². The summed E-state index contributed by atoms with van der Waals surface area (Å²) in [4.78, 5) is 13.6. The number of hydrogen-bond donors (Lipinski definition) is 0. The van der Waals surface area contributed by atoms with Gasteiger partial charge in [0, 0.05) is 19.0 Å². The van der Waals surface area contributed by atoms with Crippen molar-refractivity contribution in [3.05, 3.63) is 29.3 Å². The van der Waals surface area contributed by atoms with Gasteiger partial charge < -0.3 is 14.4 Å². The second-order valence-electron chi connectivity index (χ2n) is 6.63. The SMILES string of the molecule is CCOc1ccc(C2CCN(C(=O)OC(C)(C)C)C2)c(F)c1F. The molecule has 0 bridgehead atoms. The second-order valence-corrected chi connectivity index (χ2v) is 6.63. The van der Waals surface area contributed by atoms with Crippen LogP contribution in [-0.2, 0) is 4.74 Å². The lowest BCUT2D eigenvalue weighted by Gasteiger charge is -2.24. The molecular weight excluding hydrogens is 304 g/mol. The van der Waals surface area contributed by atoms with Crippen LogP contribution in [0.2, 0.25) is 0 Å². The van der Waals surface area contributed by atoms with E-state index in [1.165, 1.54) is 17.0 Å². The van der Waals surface area contributed by atoms with Gasteiger partial charge in [-0.05, 0) is 45.7 Å². The average Bonchev–Trinajstić information content (AvgIpc) is 2.92. The van der Waals surface area contributed by atoms with Gasteiger partial charge in [0.2, 0.25) is 5.82 Å². The van der Waals surface area contributed by atoms with Crippen molar-refractivity contribution in [2.75, 3.05) is 19.7 Å². The van der Waals surface area contributed by atoms with Crippen LogP contribution < -0.4 is 4.74 Å². The molecule has 4 nitrogen and oxygen atoms in total. The third-order valence-corrected chi connectivity index (χ3v) is 3.66. The summed E-state index contributed by atoms with van der Waals surface area (Å²) >= 11 is 0. The number of rotatable bonds is 3. The highest BCUT2D eigenvalue weighted by atomic mass is 19.2. The zero-order valence-electron chi connectivity index (χ0n) is 14.0. The highest BCUT2D eigenvalue weighted by Crippen LogP contribution is 2.33. The Bertz CT molecular complexity index is 584. The summed E-state index contributed by atoms with van der Waals surface area (Å²) in [5.74, 6) is -2.20. The maximum absolute atomic E-state index is 14.2. The number of ether oxygens (including phenoxy) is 2. The summed E-state index contributed by atoms with van der Waals surface area (Å²) in [5.41, 5.74) is -0.303. The molecule has 1 atom stereocenters. The largest absolute Gasteiger partial charge is 0.491 e. The molecule has 23 heavy (non-hydrogen) atoms. The van der Waals surface area contributed by atoms with Gasteiger partial charge in [-0.2, -0.15) is 4.39 Å². The first-order valence-corrected chi connectivity index (χ1v) is 7.81. The Morgan fingerprint density at radius 1 is 1.30 bits per heavy atom. The summed E-state index contributed by atoms with van der Waals surface area (Å²) < 4.78 is 38.6. The van der Waals surface area contributed by atoms with E-state index in [0.29, 0.717) is 19.5 Å². The highest BCUT2D eigenvalue weighted by Gasteiger charge is 2.32. The predicted molar refractivity (Wildman–Crippen MR) is 82.7 cm³/mol. The molecule has 1 unspecified atom stereocenters. The van der Waals surface area contributed by atoms with E-state index in [-0.39, 0.29) is 23.8 Å². The van der Waals surface area contributed by atoms with Crippen LogP contribution in [0.4, 0.5) is 13.6 Å². The van der Waals surface area contributed by atoms with E-state index < -0.39 is 23.3 Å². The number of carbonyl (C=O) groups is 1. The van der Waals surface area contributed by atoms with Gasteiger partial charge >= 0.3 is 6.09 Å². The van der Waals surface area contributed by atoms with Gasteiger partial charge in [-0.15, -0.1) is 0 Å². The molecule has 0 aromatic heterocycles. The number of likely N-dealkylation sites (tertiary alicyclic amines) is 1. The Morgan fingerprint density at radius 3 is 2.61 bits per heavy atom. The summed E-state index contributed by atoms with van der Waals surface area (Å²) in [5, 5.41) is 0. The van der Waals surface area contributed by atoms with Crippen molar-refractivity contribution in [1.29, 1.82) is 0 Å². The van der Waals surface area contributed by atoms with Crippen molar-refractivity contribution >= 4 is 6.09 Å². The zero-order chi connectivity index (χ0) is 17.2. The molecule has 1 aliphatic rings. The van der Waals surface area contributed by atoms with E-state index in [0.717, 1.165) is 0 Å². The fourth-order valence-electron chi connectivity index (χ4n) is 2.64. The molecule has 0 radical (unpaired) electrons. The molecular formula is C17H23F2NO3. The fraction of sp³-hybridized carbons (Fsp3) is 0.588. The molecule has 1 amide bonds. The van der Waals surface area contributed by atoms with Crippen molar-refractivity contribution in [3.8, 4) is 5.75 Å². The van der Waals surface area contributed by atoms with E-state index >= 15 is 0 Å². The second kappa shape index (κ2) is 6.72. The molecule has 0 saturated carbocycles. The van der Waals surface area contributed by atoms with E-state index in [2.05, 4.69) is 0 Å². The van der Waals surface area contributed by atoms with Gasteiger partial charge in [0.1, 0.15) is 5.60 Å². The van der Waals surface area contributed by atoms with Crippen molar-refractivity contribution in [1.82, 2.24) is 4.90 Å². The molecule has 128 valence electrons. The molecule has 2 rings (SSSR count). The first-order valence-electron chi connectivity index (χ1n) is 7.81. The first-order chi connectivity index (χ1) is 10.7. The Hall–Kier alpha value is -1.85.